The lowest BCUT2D eigenvalue weighted by Crippen LogP contribution is -2.30. The molecule has 1 aliphatic heterocycles. The van der Waals surface area contributed by atoms with Crippen molar-refractivity contribution in [2.75, 3.05) is 26.8 Å². The molecule has 1 atom stereocenters. The van der Waals surface area contributed by atoms with Gasteiger partial charge in [-0.1, -0.05) is 0 Å². The largest absolute Gasteiger partial charge is 0.496 e. The molecule has 1 aromatic rings. The Kier molecular flexibility index (Phi) is 3.61. The Morgan fingerprint density at radius 3 is 2.94 bits per heavy atom. The lowest BCUT2D eigenvalue weighted by molar-refractivity contribution is 0.162. The van der Waals surface area contributed by atoms with E-state index in [0.29, 0.717) is 30.9 Å². The highest BCUT2D eigenvalue weighted by atomic mass is 19.1. The minimum atomic E-state index is -0.253. The van der Waals surface area contributed by atoms with E-state index in [9.17, 15) is 4.39 Å². The van der Waals surface area contributed by atoms with Gasteiger partial charge in [0.25, 0.3) is 0 Å². The summed E-state index contributed by atoms with van der Waals surface area (Å²) in [4.78, 5) is 1.97. The normalized spacial score (nSPS) is 19.4. The molecule has 2 rings (SSSR count). The third-order valence-corrected chi connectivity index (χ3v) is 3.23. The van der Waals surface area contributed by atoms with Gasteiger partial charge in [0.05, 0.1) is 19.8 Å². The van der Waals surface area contributed by atoms with Crippen LogP contribution in [0.15, 0.2) is 12.1 Å². The highest BCUT2D eigenvalue weighted by molar-refractivity contribution is 5.45. The number of benzene rings is 1. The summed E-state index contributed by atoms with van der Waals surface area (Å²) in [6.45, 7) is 1.42. The highest BCUT2D eigenvalue weighted by Gasteiger charge is 2.33. The minimum Gasteiger partial charge on any atom is -0.496 e. The van der Waals surface area contributed by atoms with Crippen LogP contribution in [0.25, 0.3) is 0 Å². The van der Waals surface area contributed by atoms with Gasteiger partial charge in [-0.25, -0.2) is 4.39 Å². The van der Waals surface area contributed by atoms with Crippen molar-refractivity contribution in [2.24, 2.45) is 5.73 Å². The molecule has 0 amide bonds. The van der Waals surface area contributed by atoms with Gasteiger partial charge in [0.15, 0.2) is 0 Å². The van der Waals surface area contributed by atoms with Crippen LogP contribution in [0.1, 0.15) is 17.2 Å². The first-order valence-corrected chi connectivity index (χ1v) is 5.63. The lowest BCUT2D eigenvalue weighted by Gasteiger charge is -2.22. The smallest absolute Gasteiger partial charge is 0.128 e. The first-order valence-electron chi connectivity index (χ1n) is 5.63. The van der Waals surface area contributed by atoms with Crippen molar-refractivity contribution < 1.29 is 14.2 Å². The molecular formula is C12H17FN2O2. The first-order chi connectivity index (χ1) is 8.22. The molecule has 0 aliphatic carbocycles. The quantitative estimate of drug-likeness (QED) is 0.811. The molecule has 0 radical (unpaired) electrons. The maximum absolute atomic E-state index is 13.9. The van der Waals surface area contributed by atoms with E-state index in [2.05, 4.69) is 0 Å². The van der Waals surface area contributed by atoms with Crippen LogP contribution in [0.3, 0.4) is 0 Å². The molecule has 1 heterocycles. The van der Waals surface area contributed by atoms with Gasteiger partial charge in [0.2, 0.25) is 0 Å². The van der Waals surface area contributed by atoms with E-state index >= 15 is 0 Å². The number of ether oxygens (including phenoxy) is 1. The van der Waals surface area contributed by atoms with Gasteiger partial charge in [-0.3, -0.25) is 4.90 Å². The standard InChI is InChI=1S/C12H17FN2O2/c1-17-11-3-2-9(13)12-8(11)7-15(4-5-16)10(12)6-14/h2-3,10,16H,4-7,14H2,1H3. The predicted octanol–water partition coefficient (Wildman–Crippen LogP) is 0.642. The summed E-state index contributed by atoms with van der Waals surface area (Å²) < 4.78 is 19.1. The number of rotatable bonds is 4. The fraction of sp³-hybridized carbons (Fsp3) is 0.500. The fourth-order valence-electron chi connectivity index (χ4n) is 2.46. The van der Waals surface area contributed by atoms with Crippen LogP contribution in [0.4, 0.5) is 4.39 Å². The second-order valence-corrected chi connectivity index (χ2v) is 4.09. The van der Waals surface area contributed by atoms with Crippen LogP contribution in [-0.2, 0) is 6.54 Å². The Morgan fingerprint density at radius 2 is 2.35 bits per heavy atom. The van der Waals surface area contributed by atoms with Crippen molar-refractivity contribution in [3.05, 3.63) is 29.1 Å². The Balaban J connectivity index is 2.43. The second kappa shape index (κ2) is 5.00. The molecule has 0 spiro atoms. The summed E-state index contributed by atoms with van der Waals surface area (Å²) in [5.74, 6) is 0.428. The number of β-amino-alcohol motifs (C(OH)–C–C–N with tert-alkyl or cyclic N) is 1. The lowest BCUT2D eigenvalue weighted by atomic mass is 10.0. The molecule has 1 aromatic carbocycles. The van der Waals surface area contributed by atoms with Crippen LogP contribution >= 0.6 is 0 Å². The summed E-state index contributed by atoms with van der Waals surface area (Å²) in [7, 11) is 1.57. The Morgan fingerprint density at radius 1 is 1.59 bits per heavy atom. The zero-order valence-electron chi connectivity index (χ0n) is 9.82. The van der Waals surface area contributed by atoms with Gasteiger partial charge in [0.1, 0.15) is 11.6 Å². The zero-order valence-corrected chi connectivity index (χ0v) is 9.82. The fourth-order valence-corrected chi connectivity index (χ4v) is 2.46. The molecule has 17 heavy (non-hydrogen) atoms. The highest BCUT2D eigenvalue weighted by Crippen LogP contribution is 2.39. The van der Waals surface area contributed by atoms with E-state index in [1.807, 2.05) is 4.90 Å². The molecule has 3 N–H and O–H groups in total. The molecular weight excluding hydrogens is 223 g/mol. The number of halogens is 1. The Labute approximate surface area is 99.8 Å². The average Bonchev–Trinajstić information content (AvgIpc) is 2.69. The van der Waals surface area contributed by atoms with Gasteiger partial charge < -0.3 is 15.6 Å². The van der Waals surface area contributed by atoms with Gasteiger partial charge in [0, 0.05) is 30.8 Å². The maximum Gasteiger partial charge on any atom is 0.128 e. The molecule has 0 bridgehead atoms. The molecule has 0 saturated heterocycles. The van der Waals surface area contributed by atoms with Gasteiger partial charge in [-0.05, 0) is 12.1 Å². The SMILES string of the molecule is COc1ccc(F)c2c1CN(CCO)C2CN. The van der Waals surface area contributed by atoms with Crippen LogP contribution < -0.4 is 10.5 Å². The van der Waals surface area contributed by atoms with Crippen LogP contribution in [0.5, 0.6) is 5.75 Å². The van der Waals surface area contributed by atoms with Crippen LogP contribution in [-0.4, -0.2) is 36.8 Å². The number of hydrogen-bond donors (Lipinski definition) is 2. The van der Waals surface area contributed by atoms with Gasteiger partial charge in [-0.2, -0.15) is 0 Å². The molecule has 1 aliphatic rings. The van der Waals surface area contributed by atoms with E-state index in [0.717, 1.165) is 5.56 Å². The maximum atomic E-state index is 13.9. The number of aliphatic hydroxyl groups is 1. The zero-order chi connectivity index (χ0) is 12.4. The molecule has 0 saturated carbocycles. The number of nitrogens with zero attached hydrogens (tertiary/aromatic N) is 1. The van der Waals surface area contributed by atoms with Crippen LogP contribution in [0.2, 0.25) is 0 Å². The van der Waals surface area contributed by atoms with E-state index in [1.54, 1.807) is 13.2 Å². The van der Waals surface area contributed by atoms with Gasteiger partial charge >= 0.3 is 0 Å². The molecule has 0 fully saturated rings. The number of methoxy groups -OCH3 is 1. The summed E-state index contributed by atoms with van der Waals surface area (Å²) in [5.41, 5.74) is 7.15. The third-order valence-electron chi connectivity index (χ3n) is 3.23. The Hall–Kier alpha value is -1.17. The van der Waals surface area contributed by atoms with Crippen molar-refractivity contribution in [3.8, 4) is 5.75 Å². The number of aliphatic hydroxyl groups excluding tert-OH is 1. The average molecular weight is 240 g/mol. The number of nitrogens with two attached hydrogens (primary N) is 1. The summed E-state index contributed by atoms with van der Waals surface area (Å²) in [5, 5.41) is 9.01. The first kappa shape index (κ1) is 12.3. The van der Waals surface area contributed by atoms with E-state index in [1.165, 1.54) is 6.07 Å². The number of fused-ring (bicyclic) bond motifs is 1. The van der Waals surface area contributed by atoms with Crippen molar-refractivity contribution in [2.45, 2.75) is 12.6 Å². The molecule has 94 valence electrons. The predicted molar refractivity (Wildman–Crippen MR) is 62.2 cm³/mol. The van der Waals surface area contributed by atoms with E-state index < -0.39 is 0 Å². The van der Waals surface area contributed by atoms with Crippen LogP contribution in [0, 0.1) is 5.82 Å². The van der Waals surface area contributed by atoms with Crippen molar-refractivity contribution in [1.29, 1.82) is 0 Å². The Bertz CT molecular complexity index is 412. The summed E-state index contributed by atoms with van der Waals surface area (Å²) in [6, 6.07) is 2.86. The van der Waals surface area contributed by atoms with E-state index in [-0.39, 0.29) is 18.5 Å². The molecule has 5 heteroatoms. The molecule has 4 nitrogen and oxygen atoms in total. The van der Waals surface area contributed by atoms with Gasteiger partial charge in [-0.15, -0.1) is 0 Å². The third kappa shape index (κ3) is 2.01. The monoisotopic (exact) mass is 240 g/mol. The second-order valence-electron chi connectivity index (χ2n) is 4.09. The van der Waals surface area contributed by atoms with Crippen molar-refractivity contribution >= 4 is 0 Å². The summed E-state index contributed by atoms with van der Waals surface area (Å²) >= 11 is 0. The molecule has 0 aromatic heterocycles. The van der Waals surface area contributed by atoms with E-state index in [4.69, 9.17) is 15.6 Å². The number of hydrogen-bond acceptors (Lipinski definition) is 4. The summed E-state index contributed by atoms with van der Waals surface area (Å²) in [6.07, 6.45) is 0. The minimum absolute atomic E-state index is 0.0361. The topological polar surface area (TPSA) is 58.7 Å². The van der Waals surface area contributed by atoms with Crippen molar-refractivity contribution in [3.63, 3.8) is 0 Å². The van der Waals surface area contributed by atoms with Crippen molar-refractivity contribution in [1.82, 2.24) is 4.90 Å². The molecule has 1 unspecified atom stereocenters.